The summed E-state index contributed by atoms with van der Waals surface area (Å²) in [5.74, 6) is 1.13. The van der Waals surface area contributed by atoms with Crippen LogP contribution in [0.15, 0.2) is 12.4 Å². The Morgan fingerprint density at radius 1 is 1.44 bits per heavy atom. The topological polar surface area (TPSA) is 44.1 Å². The quantitative estimate of drug-likeness (QED) is 0.779. The molecule has 0 N–H and O–H groups in total. The van der Waals surface area contributed by atoms with Crippen LogP contribution in [0.3, 0.4) is 0 Å². The highest BCUT2D eigenvalue weighted by Crippen LogP contribution is 2.45. The van der Waals surface area contributed by atoms with E-state index in [4.69, 9.17) is 4.74 Å². The van der Waals surface area contributed by atoms with Crippen molar-refractivity contribution in [3.05, 3.63) is 12.4 Å². The molecule has 1 saturated carbocycles. The summed E-state index contributed by atoms with van der Waals surface area (Å²) < 4.78 is 7.83. The van der Waals surface area contributed by atoms with Crippen molar-refractivity contribution in [1.82, 2.24) is 9.78 Å². The molecule has 18 heavy (non-hydrogen) atoms. The molecule has 1 aromatic heterocycles. The average Bonchev–Trinajstić information content (AvgIpc) is 2.78. The first-order chi connectivity index (χ1) is 8.66. The van der Waals surface area contributed by atoms with Crippen molar-refractivity contribution in [2.75, 3.05) is 0 Å². The summed E-state index contributed by atoms with van der Waals surface area (Å²) in [6, 6.07) is 0. The number of rotatable bonds is 6. The van der Waals surface area contributed by atoms with Gasteiger partial charge < -0.3 is 4.74 Å². The van der Waals surface area contributed by atoms with Crippen LogP contribution in [0.1, 0.15) is 46.5 Å². The molecule has 4 nitrogen and oxygen atoms in total. The predicted octanol–water partition coefficient (Wildman–Crippen LogP) is 2.82. The van der Waals surface area contributed by atoms with E-state index in [1.807, 2.05) is 10.9 Å². The third-order valence-electron chi connectivity index (χ3n) is 4.14. The number of carbonyl (C=O) groups excluding carboxylic acids is 1. The van der Waals surface area contributed by atoms with Gasteiger partial charge in [0.25, 0.3) is 0 Å². The normalized spacial score (nSPS) is 21.7. The van der Waals surface area contributed by atoms with Gasteiger partial charge in [-0.05, 0) is 19.3 Å². The van der Waals surface area contributed by atoms with E-state index in [2.05, 4.69) is 25.9 Å². The largest absolute Gasteiger partial charge is 0.486 e. The van der Waals surface area contributed by atoms with Gasteiger partial charge in [0.05, 0.1) is 17.8 Å². The molecule has 1 fully saturated rings. The molecule has 0 amide bonds. The number of nitrogens with zero attached hydrogens (tertiary/aromatic N) is 2. The minimum absolute atomic E-state index is 0.0271. The molecule has 0 aromatic carbocycles. The molecule has 100 valence electrons. The van der Waals surface area contributed by atoms with Crippen molar-refractivity contribution >= 4 is 5.78 Å². The number of aryl methyl sites for hydroxylation is 1. The SMILES string of the molecule is CCCn1cc(OC2CC(=O)C2(CC)CC)cn1. The van der Waals surface area contributed by atoms with Gasteiger partial charge in [0.2, 0.25) is 0 Å². The monoisotopic (exact) mass is 250 g/mol. The molecule has 0 spiro atoms. The molecule has 0 aliphatic heterocycles. The summed E-state index contributed by atoms with van der Waals surface area (Å²) in [6.07, 6.45) is 7.00. The van der Waals surface area contributed by atoms with Gasteiger partial charge in [-0.25, -0.2) is 0 Å². The number of hydrogen-bond acceptors (Lipinski definition) is 3. The Balaban J connectivity index is 2.03. The Labute approximate surface area is 108 Å². The van der Waals surface area contributed by atoms with Crippen LogP contribution in [0.2, 0.25) is 0 Å². The number of ether oxygens (including phenoxy) is 1. The fourth-order valence-corrected chi connectivity index (χ4v) is 2.79. The minimum Gasteiger partial charge on any atom is -0.486 e. The summed E-state index contributed by atoms with van der Waals surface area (Å²) in [7, 11) is 0. The van der Waals surface area contributed by atoms with Crippen LogP contribution in [0.4, 0.5) is 0 Å². The highest BCUT2D eigenvalue weighted by atomic mass is 16.5. The third-order valence-corrected chi connectivity index (χ3v) is 4.14. The standard InChI is InChI=1S/C14H22N2O2/c1-4-7-16-10-11(9-15-16)18-13-8-12(17)14(13,5-2)6-3/h9-10,13H,4-8H2,1-3H3. The minimum atomic E-state index is -0.257. The van der Waals surface area contributed by atoms with E-state index in [0.29, 0.717) is 12.2 Å². The highest BCUT2D eigenvalue weighted by molar-refractivity contribution is 5.92. The lowest BCUT2D eigenvalue weighted by Gasteiger charge is -2.46. The molecule has 1 unspecified atom stereocenters. The number of carbonyl (C=O) groups is 1. The Kier molecular flexibility index (Phi) is 3.73. The van der Waals surface area contributed by atoms with E-state index in [-0.39, 0.29) is 11.5 Å². The molecule has 4 heteroatoms. The first kappa shape index (κ1) is 13.1. The first-order valence-corrected chi connectivity index (χ1v) is 6.88. The average molecular weight is 250 g/mol. The lowest BCUT2D eigenvalue weighted by atomic mass is 9.61. The van der Waals surface area contributed by atoms with Crippen molar-refractivity contribution < 1.29 is 9.53 Å². The van der Waals surface area contributed by atoms with Crippen LogP contribution in [-0.2, 0) is 11.3 Å². The Morgan fingerprint density at radius 3 is 2.72 bits per heavy atom. The second-order valence-corrected chi connectivity index (χ2v) is 5.04. The second kappa shape index (κ2) is 5.12. The predicted molar refractivity (Wildman–Crippen MR) is 69.6 cm³/mol. The second-order valence-electron chi connectivity index (χ2n) is 5.04. The van der Waals surface area contributed by atoms with Crippen LogP contribution in [-0.4, -0.2) is 21.7 Å². The zero-order valence-corrected chi connectivity index (χ0v) is 11.5. The van der Waals surface area contributed by atoms with E-state index in [1.165, 1.54) is 0 Å². The van der Waals surface area contributed by atoms with E-state index in [1.54, 1.807) is 6.20 Å². The van der Waals surface area contributed by atoms with Gasteiger partial charge in [-0.15, -0.1) is 0 Å². The molecule has 1 heterocycles. The Bertz CT molecular complexity index is 421. The molecule has 0 saturated heterocycles. The zero-order valence-electron chi connectivity index (χ0n) is 11.5. The van der Waals surface area contributed by atoms with E-state index in [9.17, 15) is 4.79 Å². The Morgan fingerprint density at radius 2 is 2.17 bits per heavy atom. The van der Waals surface area contributed by atoms with Gasteiger partial charge in [0.1, 0.15) is 11.9 Å². The Hall–Kier alpha value is -1.32. The van der Waals surface area contributed by atoms with Gasteiger partial charge in [-0.2, -0.15) is 5.10 Å². The van der Waals surface area contributed by atoms with Crippen molar-refractivity contribution in [2.24, 2.45) is 5.41 Å². The number of Topliss-reactive ketones (excluding diaryl/α,β-unsaturated/α-hetero) is 1. The third kappa shape index (κ3) is 2.04. The number of ketones is 1. The van der Waals surface area contributed by atoms with Gasteiger partial charge in [-0.3, -0.25) is 9.48 Å². The maximum absolute atomic E-state index is 11.8. The molecule has 1 atom stereocenters. The van der Waals surface area contributed by atoms with Gasteiger partial charge in [-0.1, -0.05) is 20.8 Å². The number of aromatic nitrogens is 2. The first-order valence-electron chi connectivity index (χ1n) is 6.88. The van der Waals surface area contributed by atoms with Crippen LogP contribution in [0.25, 0.3) is 0 Å². The van der Waals surface area contributed by atoms with E-state index < -0.39 is 0 Å². The molecule has 0 bridgehead atoms. The fourth-order valence-electron chi connectivity index (χ4n) is 2.79. The van der Waals surface area contributed by atoms with Crippen molar-refractivity contribution in [1.29, 1.82) is 0 Å². The lowest BCUT2D eigenvalue weighted by molar-refractivity contribution is -0.153. The molecular formula is C14H22N2O2. The highest BCUT2D eigenvalue weighted by Gasteiger charge is 2.53. The van der Waals surface area contributed by atoms with Crippen LogP contribution >= 0.6 is 0 Å². The summed E-state index contributed by atoms with van der Waals surface area (Å²) in [5.41, 5.74) is -0.257. The van der Waals surface area contributed by atoms with Crippen molar-refractivity contribution in [2.45, 2.75) is 59.1 Å². The van der Waals surface area contributed by atoms with E-state index in [0.717, 1.165) is 31.6 Å². The molecule has 1 aromatic rings. The van der Waals surface area contributed by atoms with Gasteiger partial charge >= 0.3 is 0 Å². The van der Waals surface area contributed by atoms with Crippen molar-refractivity contribution in [3.63, 3.8) is 0 Å². The summed E-state index contributed by atoms with van der Waals surface area (Å²) in [6.45, 7) is 7.15. The molecule has 0 radical (unpaired) electrons. The smallest absolute Gasteiger partial charge is 0.157 e. The molecule has 1 aliphatic rings. The van der Waals surface area contributed by atoms with Crippen LogP contribution in [0.5, 0.6) is 5.75 Å². The van der Waals surface area contributed by atoms with Crippen LogP contribution < -0.4 is 4.74 Å². The lowest BCUT2D eigenvalue weighted by Crippen LogP contribution is -2.56. The summed E-state index contributed by atoms with van der Waals surface area (Å²) in [5, 5.41) is 4.24. The fraction of sp³-hybridized carbons (Fsp3) is 0.714. The molecule has 2 rings (SSSR count). The van der Waals surface area contributed by atoms with Gasteiger partial charge in [0, 0.05) is 13.0 Å². The molecular weight excluding hydrogens is 228 g/mol. The zero-order chi connectivity index (χ0) is 13.2. The van der Waals surface area contributed by atoms with E-state index >= 15 is 0 Å². The molecule has 1 aliphatic carbocycles. The maximum Gasteiger partial charge on any atom is 0.157 e. The van der Waals surface area contributed by atoms with Crippen LogP contribution in [0, 0.1) is 5.41 Å². The van der Waals surface area contributed by atoms with Crippen molar-refractivity contribution in [3.8, 4) is 5.75 Å². The summed E-state index contributed by atoms with van der Waals surface area (Å²) in [4.78, 5) is 11.8. The summed E-state index contributed by atoms with van der Waals surface area (Å²) >= 11 is 0. The maximum atomic E-state index is 11.8. The van der Waals surface area contributed by atoms with Gasteiger partial charge in [0.15, 0.2) is 5.75 Å². The number of hydrogen-bond donors (Lipinski definition) is 0.